The lowest BCUT2D eigenvalue weighted by atomic mass is 9.97. The second-order valence-electron chi connectivity index (χ2n) is 6.63. The van der Waals surface area contributed by atoms with Gasteiger partial charge in [0.2, 0.25) is 0 Å². The molecule has 0 bridgehead atoms. The summed E-state index contributed by atoms with van der Waals surface area (Å²) >= 11 is 0. The first-order valence-corrected chi connectivity index (χ1v) is 9.17. The number of benzene rings is 4. The first kappa shape index (κ1) is 16.4. The van der Waals surface area contributed by atoms with Gasteiger partial charge in [-0.2, -0.15) is 0 Å². The quantitative estimate of drug-likeness (QED) is 0.376. The van der Waals surface area contributed by atoms with E-state index < -0.39 is 0 Å². The van der Waals surface area contributed by atoms with Gasteiger partial charge in [-0.15, -0.1) is 0 Å². The van der Waals surface area contributed by atoms with Gasteiger partial charge in [0.05, 0.1) is 0 Å². The van der Waals surface area contributed by atoms with Crippen molar-refractivity contribution in [3.8, 4) is 22.3 Å². The molecule has 126 valence electrons. The Bertz CT molecular complexity index is 886. The molecule has 4 aromatic rings. The Morgan fingerprint density at radius 1 is 0.346 bits per heavy atom. The van der Waals surface area contributed by atoms with Crippen LogP contribution in [0.1, 0.15) is 11.1 Å². The van der Waals surface area contributed by atoms with E-state index in [0.717, 1.165) is 12.8 Å². The van der Waals surface area contributed by atoms with Crippen LogP contribution in [0.15, 0.2) is 109 Å². The van der Waals surface area contributed by atoms with Crippen LogP contribution in [0.4, 0.5) is 0 Å². The summed E-state index contributed by atoms with van der Waals surface area (Å²) in [6, 6.07) is 39.0. The molecule has 0 spiro atoms. The van der Waals surface area contributed by atoms with Gasteiger partial charge in [-0.25, -0.2) is 0 Å². The highest BCUT2D eigenvalue weighted by Gasteiger charge is 2.02. The Morgan fingerprint density at radius 2 is 0.731 bits per heavy atom. The average molecular weight is 334 g/mol. The molecule has 0 aliphatic carbocycles. The molecule has 0 heteroatoms. The van der Waals surface area contributed by atoms with E-state index >= 15 is 0 Å². The first-order valence-electron chi connectivity index (χ1n) is 9.17. The van der Waals surface area contributed by atoms with E-state index in [1.54, 1.807) is 0 Å². The molecular weight excluding hydrogens is 312 g/mol. The molecule has 0 radical (unpaired) electrons. The minimum Gasteiger partial charge on any atom is -0.0622 e. The van der Waals surface area contributed by atoms with Crippen LogP contribution in [0.5, 0.6) is 0 Å². The van der Waals surface area contributed by atoms with Crippen LogP contribution in [-0.2, 0) is 12.8 Å². The molecular formula is C26H22. The average Bonchev–Trinajstić information content (AvgIpc) is 2.74. The third-order valence-corrected chi connectivity index (χ3v) is 4.77. The normalized spacial score (nSPS) is 10.6. The zero-order chi connectivity index (χ0) is 17.6. The van der Waals surface area contributed by atoms with E-state index in [2.05, 4.69) is 109 Å². The predicted molar refractivity (Wildman–Crippen MR) is 111 cm³/mol. The highest BCUT2D eigenvalue weighted by molar-refractivity contribution is 5.65. The Labute approximate surface area is 155 Å². The van der Waals surface area contributed by atoms with Gasteiger partial charge >= 0.3 is 0 Å². The summed E-state index contributed by atoms with van der Waals surface area (Å²) in [5, 5.41) is 0. The van der Waals surface area contributed by atoms with Crippen LogP contribution in [0, 0.1) is 0 Å². The molecule has 4 aromatic carbocycles. The maximum absolute atomic E-state index is 2.32. The SMILES string of the molecule is c1ccc(-c2cccc(CCc3cccc(-c4ccccc4)c3)c2)cc1. The lowest BCUT2D eigenvalue weighted by Gasteiger charge is -2.08. The molecule has 0 amide bonds. The van der Waals surface area contributed by atoms with Gasteiger partial charge < -0.3 is 0 Å². The van der Waals surface area contributed by atoms with Crippen LogP contribution in [0.25, 0.3) is 22.3 Å². The maximum atomic E-state index is 2.32. The van der Waals surface area contributed by atoms with E-state index in [0.29, 0.717) is 0 Å². The molecule has 0 aliphatic rings. The number of hydrogen-bond donors (Lipinski definition) is 0. The van der Waals surface area contributed by atoms with Crippen molar-refractivity contribution in [1.82, 2.24) is 0 Å². The van der Waals surface area contributed by atoms with Crippen molar-refractivity contribution >= 4 is 0 Å². The van der Waals surface area contributed by atoms with Crippen LogP contribution in [0.3, 0.4) is 0 Å². The predicted octanol–water partition coefficient (Wildman–Crippen LogP) is 6.81. The molecule has 26 heavy (non-hydrogen) atoms. The molecule has 0 saturated carbocycles. The molecule has 4 rings (SSSR count). The van der Waals surface area contributed by atoms with Gasteiger partial charge in [0.15, 0.2) is 0 Å². The van der Waals surface area contributed by atoms with Gasteiger partial charge in [-0.1, -0.05) is 109 Å². The summed E-state index contributed by atoms with van der Waals surface area (Å²) in [6.45, 7) is 0. The van der Waals surface area contributed by atoms with Crippen molar-refractivity contribution in [3.63, 3.8) is 0 Å². The highest BCUT2D eigenvalue weighted by atomic mass is 14.1. The fourth-order valence-electron chi connectivity index (χ4n) is 3.36. The summed E-state index contributed by atoms with van der Waals surface area (Å²) < 4.78 is 0. The van der Waals surface area contributed by atoms with Gasteiger partial charge in [-0.3, -0.25) is 0 Å². The fourth-order valence-corrected chi connectivity index (χ4v) is 3.36. The van der Waals surface area contributed by atoms with Gasteiger partial charge in [0, 0.05) is 0 Å². The molecule has 0 atom stereocenters. The summed E-state index contributed by atoms with van der Waals surface area (Å²) in [7, 11) is 0. The molecule has 0 aliphatic heterocycles. The summed E-state index contributed by atoms with van der Waals surface area (Å²) in [4.78, 5) is 0. The first-order chi connectivity index (χ1) is 12.9. The van der Waals surface area contributed by atoms with Crippen molar-refractivity contribution in [3.05, 3.63) is 120 Å². The van der Waals surface area contributed by atoms with E-state index in [1.807, 2.05) is 0 Å². The summed E-state index contributed by atoms with van der Waals surface area (Å²) in [5.41, 5.74) is 7.91. The standard InChI is InChI=1S/C26H22/c1-3-11-23(12-4-1)25-15-7-9-21(19-25)17-18-22-10-8-16-26(20-22)24-13-5-2-6-14-24/h1-16,19-20H,17-18H2. The van der Waals surface area contributed by atoms with Crippen molar-refractivity contribution < 1.29 is 0 Å². The second-order valence-corrected chi connectivity index (χ2v) is 6.63. The Kier molecular flexibility index (Phi) is 4.93. The smallest absolute Gasteiger partial charge is 0.0181 e. The van der Waals surface area contributed by atoms with Crippen molar-refractivity contribution in [2.45, 2.75) is 12.8 Å². The van der Waals surface area contributed by atoms with Crippen LogP contribution in [0.2, 0.25) is 0 Å². The van der Waals surface area contributed by atoms with Crippen LogP contribution >= 0.6 is 0 Å². The second kappa shape index (κ2) is 7.84. The van der Waals surface area contributed by atoms with Gasteiger partial charge in [0.25, 0.3) is 0 Å². The largest absolute Gasteiger partial charge is 0.0622 e. The molecule has 0 heterocycles. The van der Waals surface area contributed by atoms with E-state index in [4.69, 9.17) is 0 Å². The topological polar surface area (TPSA) is 0 Å². The molecule has 0 unspecified atom stereocenters. The number of aryl methyl sites for hydroxylation is 2. The third-order valence-electron chi connectivity index (χ3n) is 4.77. The van der Waals surface area contributed by atoms with E-state index in [1.165, 1.54) is 33.4 Å². The lowest BCUT2D eigenvalue weighted by molar-refractivity contribution is 0.961. The molecule has 0 nitrogen and oxygen atoms in total. The van der Waals surface area contributed by atoms with E-state index in [9.17, 15) is 0 Å². The molecule has 0 N–H and O–H groups in total. The van der Waals surface area contributed by atoms with Crippen molar-refractivity contribution in [2.75, 3.05) is 0 Å². The van der Waals surface area contributed by atoms with Crippen molar-refractivity contribution in [2.24, 2.45) is 0 Å². The van der Waals surface area contributed by atoms with Crippen LogP contribution < -0.4 is 0 Å². The lowest BCUT2D eigenvalue weighted by Crippen LogP contribution is -1.92. The zero-order valence-corrected chi connectivity index (χ0v) is 14.8. The fraction of sp³-hybridized carbons (Fsp3) is 0.0769. The minimum atomic E-state index is 1.05. The number of rotatable bonds is 5. The Hall–Kier alpha value is -3.12. The monoisotopic (exact) mass is 334 g/mol. The molecule has 0 fully saturated rings. The maximum Gasteiger partial charge on any atom is -0.0181 e. The molecule has 0 saturated heterocycles. The summed E-state index contributed by atoms with van der Waals surface area (Å²) in [6.07, 6.45) is 2.11. The van der Waals surface area contributed by atoms with E-state index in [-0.39, 0.29) is 0 Å². The van der Waals surface area contributed by atoms with Gasteiger partial charge in [0.1, 0.15) is 0 Å². The van der Waals surface area contributed by atoms with Crippen molar-refractivity contribution in [1.29, 1.82) is 0 Å². The number of hydrogen-bond acceptors (Lipinski definition) is 0. The summed E-state index contributed by atoms with van der Waals surface area (Å²) in [5.74, 6) is 0. The molecule has 0 aromatic heterocycles. The highest BCUT2D eigenvalue weighted by Crippen LogP contribution is 2.23. The minimum absolute atomic E-state index is 1.05. The zero-order valence-electron chi connectivity index (χ0n) is 14.8. The van der Waals surface area contributed by atoms with Gasteiger partial charge in [-0.05, 0) is 46.2 Å². The third kappa shape index (κ3) is 3.92. The van der Waals surface area contributed by atoms with Crippen LogP contribution in [-0.4, -0.2) is 0 Å². The Balaban J connectivity index is 1.50. The Morgan fingerprint density at radius 3 is 1.15 bits per heavy atom.